The van der Waals surface area contributed by atoms with Gasteiger partial charge < -0.3 is 5.73 Å². The molecule has 8 nitrogen and oxygen atoms in total. The molecule has 0 radical (unpaired) electrons. The molecule has 1 aromatic rings. The van der Waals surface area contributed by atoms with E-state index in [0.29, 0.717) is 0 Å². The number of rotatable bonds is 5. The van der Waals surface area contributed by atoms with Crippen LogP contribution in [-0.2, 0) is 10.2 Å². The highest BCUT2D eigenvalue weighted by molar-refractivity contribution is 7.90. The maximum absolute atomic E-state index is 11.1. The molecule has 0 bridgehead atoms. The van der Waals surface area contributed by atoms with Crippen molar-refractivity contribution in [3.63, 3.8) is 0 Å². The SMILES string of the molecule is NCCNS(=O)(=O)Nc1ncn[nH]1. The summed E-state index contributed by atoms with van der Waals surface area (Å²) < 4.78 is 26.5. The van der Waals surface area contributed by atoms with Crippen molar-refractivity contribution in [2.75, 3.05) is 17.8 Å². The molecule has 0 saturated carbocycles. The van der Waals surface area contributed by atoms with Gasteiger partial charge in [0.15, 0.2) is 0 Å². The molecule has 0 fully saturated rings. The Kier molecular flexibility index (Phi) is 3.17. The fraction of sp³-hybridized carbons (Fsp3) is 0.500. The van der Waals surface area contributed by atoms with Crippen molar-refractivity contribution < 1.29 is 8.42 Å². The van der Waals surface area contributed by atoms with Crippen LogP contribution in [0.1, 0.15) is 0 Å². The van der Waals surface area contributed by atoms with Crippen LogP contribution in [0.25, 0.3) is 0 Å². The Morgan fingerprint density at radius 3 is 2.92 bits per heavy atom. The van der Waals surface area contributed by atoms with Crippen LogP contribution >= 0.6 is 0 Å². The van der Waals surface area contributed by atoms with E-state index in [9.17, 15) is 8.42 Å². The number of hydrogen-bond acceptors (Lipinski definition) is 5. The molecule has 0 aliphatic rings. The second kappa shape index (κ2) is 4.16. The summed E-state index contributed by atoms with van der Waals surface area (Å²) in [6, 6.07) is 0. The van der Waals surface area contributed by atoms with E-state index < -0.39 is 10.2 Å². The number of aromatic nitrogens is 3. The van der Waals surface area contributed by atoms with Crippen molar-refractivity contribution in [1.82, 2.24) is 19.9 Å². The van der Waals surface area contributed by atoms with Gasteiger partial charge in [-0.15, -0.1) is 0 Å². The predicted molar refractivity (Wildman–Crippen MR) is 46.0 cm³/mol. The monoisotopic (exact) mass is 206 g/mol. The van der Waals surface area contributed by atoms with Gasteiger partial charge in [-0.3, -0.25) is 0 Å². The molecular formula is C4H10N6O2S. The average Bonchev–Trinajstić information content (AvgIpc) is 2.52. The normalized spacial score (nSPS) is 11.5. The van der Waals surface area contributed by atoms with Crippen LogP contribution in [0.2, 0.25) is 0 Å². The number of H-pyrrole nitrogens is 1. The zero-order valence-electron chi connectivity index (χ0n) is 6.69. The average molecular weight is 206 g/mol. The smallest absolute Gasteiger partial charge is 0.301 e. The van der Waals surface area contributed by atoms with Crippen molar-refractivity contribution in [3.05, 3.63) is 6.33 Å². The number of aromatic amines is 1. The number of hydrogen-bond donors (Lipinski definition) is 4. The Morgan fingerprint density at radius 2 is 2.38 bits per heavy atom. The molecule has 5 N–H and O–H groups in total. The highest BCUT2D eigenvalue weighted by atomic mass is 32.2. The zero-order valence-corrected chi connectivity index (χ0v) is 7.50. The molecule has 0 unspecified atom stereocenters. The third kappa shape index (κ3) is 3.36. The molecule has 13 heavy (non-hydrogen) atoms. The van der Waals surface area contributed by atoms with Crippen molar-refractivity contribution in [3.8, 4) is 0 Å². The molecule has 1 rings (SSSR count). The first-order valence-corrected chi connectivity index (χ1v) is 4.95. The molecule has 1 aromatic heterocycles. The minimum Gasteiger partial charge on any atom is -0.329 e. The standard InChI is InChI=1S/C4H10N6O2S/c5-1-2-8-13(11,12)10-4-6-3-7-9-4/h3,8H,1-2,5H2,(H2,6,7,9,10). The Labute approximate surface area is 75.1 Å². The van der Waals surface area contributed by atoms with E-state index >= 15 is 0 Å². The molecule has 0 atom stereocenters. The fourth-order valence-corrected chi connectivity index (χ4v) is 1.42. The van der Waals surface area contributed by atoms with Crippen LogP contribution in [0.3, 0.4) is 0 Å². The summed E-state index contributed by atoms with van der Waals surface area (Å²) >= 11 is 0. The topological polar surface area (TPSA) is 126 Å². The summed E-state index contributed by atoms with van der Waals surface area (Å²) in [6.45, 7) is 0.404. The molecular weight excluding hydrogens is 196 g/mol. The van der Waals surface area contributed by atoms with Gasteiger partial charge >= 0.3 is 10.2 Å². The van der Waals surface area contributed by atoms with Gasteiger partial charge in [0, 0.05) is 13.1 Å². The zero-order chi connectivity index (χ0) is 9.73. The molecule has 0 aliphatic carbocycles. The summed E-state index contributed by atoms with van der Waals surface area (Å²) in [5, 5.41) is 5.82. The molecule has 1 heterocycles. The summed E-state index contributed by atoms with van der Waals surface area (Å²) in [5.74, 6) is 0.0597. The number of nitrogens with zero attached hydrogens (tertiary/aromatic N) is 2. The minimum atomic E-state index is -3.58. The van der Waals surface area contributed by atoms with E-state index in [0.717, 1.165) is 0 Å². The maximum Gasteiger partial charge on any atom is 0.301 e. The second-order valence-electron chi connectivity index (χ2n) is 2.12. The first kappa shape index (κ1) is 9.89. The maximum atomic E-state index is 11.1. The first-order valence-electron chi connectivity index (χ1n) is 3.47. The van der Waals surface area contributed by atoms with E-state index in [2.05, 4.69) is 24.6 Å². The van der Waals surface area contributed by atoms with Gasteiger partial charge in [-0.05, 0) is 0 Å². The van der Waals surface area contributed by atoms with Crippen LogP contribution < -0.4 is 15.2 Å². The number of nitrogens with one attached hydrogen (secondary N) is 3. The Balaban J connectivity index is 2.53. The quantitative estimate of drug-likeness (QED) is 0.443. The van der Waals surface area contributed by atoms with Crippen LogP contribution in [0.15, 0.2) is 6.33 Å². The van der Waals surface area contributed by atoms with Gasteiger partial charge in [-0.25, -0.2) is 9.82 Å². The van der Waals surface area contributed by atoms with E-state index in [4.69, 9.17) is 5.73 Å². The molecule has 0 aromatic carbocycles. The molecule has 0 amide bonds. The van der Waals surface area contributed by atoms with Crippen LogP contribution in [-0.4, -0.2) is 36.7 Å². The largest absolute Gasteiger partial charge is 0.329 e. The lowest BCUT2D eigenvalue weighted by atomic mass is 10.7. The van der Waals surface area contributed by atoms with Crippen molar-refractivity contribution in [2.45, 2.75) is 0 Å². The third-order valence-corrected chi connectivity index (χ3v) is 2.13. The van der Waals surface area contributed by atoms with Gasteiger partial charge in [-0.2, -0.15) is 23.2 Å². The molecule has 0 saturated heterocycles. The van der Waals surface area contributed by atoms with Gasteiger partial charge in [0.05, 0.1) is 0 Å². The van der Waals surface area contributed by atoms with E-state index in [1.807, 2.05) is 0 Å². The molecule has 74 valence electrons. The van der Waals surface area contributed by atoms with Gasteiger partial charge in [0.1, 0.15) is 6.33 Å². The first-order chi connectivity index (χ1) is 6.14. The Hall–Kier alpha value is -1.19. The third-order valence-electron chi connectivity index (χ3n) is 1.08. The lowest BCUT2D eigenvalue weighted by Crippen LogP contribution is -2.34. The van der Waals surface area contributed by atoms with Crippen LogP contribution in [0.5, 0.6) is 0 Å². The van der Waals surface area contributed by atoms with Crippen molar-refractivity contribution >= 4 is 16.2 Å². The highest BCUT2D eigenvalue weighted by Crippen LogP contribution is 1.94. The van der Waals surface area contributed by atoms with Gasteiger partial charge in [-0.1, -0.05) is 0 Å². The summed E-state index contributed by atoms with van der Waals surface area (Å²) in [6.07, 6.45) is 1.20. The predicted octanol–water partition coefficient (Wildman–Crippen LogP) is -1.99. The lowest BCUT2D eigenvalue weighted by molar-refractivity contribution is 0.587. The summed E-state index contributed by atoms with van der Waals surface area (Å²) in [4.78, 5) is 3.58. The molecule has 0 aliphatic heterocycles. The second-order valence-corrected chi connectivity index (χ2v) is 3.62. The highest BCUT2D eigenvalue weighted by Gasteiger charge is 2.09. The number of anilines is 1. The Bertz CT molecular complexity index is 332. The van der Waals surface area contributed by atoms with Gasteiger partial charge in [0.2, 0.25) is 5.95 Å². The lowest BCUT2D eigenvalue weighted by Gasteiger charge is -2.04. The molecule has 0 spiro atoms. The van der Waals surface area contributed by atoms with Crippen molar-refractivity contribution in [2.24, 2.45) is 5.73 Å². The van der Waals surface area contributed by atoms with Crippen LogP contribution in [0.4, 0.5) is 5.95 Å². The summed E-state index contributed by atoms with van der Waals surface area (Å²) in [5.41, 5.74) is 5.12. The summed E-state index contributed by atoms with van der Waals surface area (Å²) in [7, 11) is -3.58. The van der Waals surface area contributed by atoms with E-state index in [-0.39, 0.29) is 19.0 Å². The van der Waals surface area contributed by atoms with Crippen molar-refractivity contribution in [1.29, 1.82) is 0 Å². The van der Waals surface area contributed by atoms with Crippen LogP contribution in [0, 0.1) is 0 Å². The molecule has 9 heteroatoms. The van der Waals surface area contributed by atoms with E-state index in [1.54, 1.807) is 0 Å². The fourth-order valence-electron chi connectivity index (χ4n) is 0.611. The Morgan fingerprint density at radius 1 is 1.62 bits per heavy atom. The van der Waals surface area contributed by atoms with E-state index in [1.165, 1.54) is 6.33 Å². The number of nitrogens with two attached hydrogens (primary N) is 1. The minimum absolute atomic E-state index is 0.0597. The van der Waals surface area contributed by atoms with Gasteiger partial charge in [0.25, 0.3) is 0 Å².